The fourth-order valence-corrected chi connectivity index (χ4v) is 1.95. The number of anilines is 1. The molecule has 2 N–H and O–H groups in total. The van der Waals surface area contributed by atoms with E-state index in [1.54, 1.807) is 0 Å². The molecule has 0 spiro atoms. The Bertz CT molecular complexity index is 643. The topological polar surface area (TPSA) is 43.1 Å². The summed E-state index contributed by atoms with van der Waals surface area (Å²) in [5.74, 6) is -1.49. The summed E-state index contributed by atoms with van der Waals surface area (Å²) in [4.78, 5) is 12.0. The standard InChI is InChI=1S/C14H10ClF2NO/c15-11-7-9(16)5-4-8(11)6-13(19)10-2-1-3-12(17)14(10)18/h1-5,7H,6,18H2. The van der Waals surface area contributed by atoms with Gasteiger partial charge in [0.05, 0.1) is 5.69 Å². The zero-order valence-corrected chi connectivity index (χ0v) is 10.5. The van der Waals surface area contributed by atoms with Crippen LogP contribution >= 0.6 is 11.6 Å². The number of para-hydroxylation sites is 1. The second kappa shape index (κ2) is 5.36. The smallest absolute Gasteiger partial charge is 0.169 e. The first-order valence-electron chi connectivity index (χ1n) is 5.50. The maximum atomic E-state index is 13.3. The molecule has 0 amide bonds. The van der Waals surface area contributed by atoms with Gasteiger partial charge in [0.2, 0.25) is 0 Å². The lowest BCUT2D eigenvalue weighted by molar-refractivity contribution is 0.0993. The molecule has 0 unspecified atom stereocenters. The molecule has 19 heavy (non-hydrogen) atoms. The molecule has 98 valence electrons. The lowest BCUT2D eigenvalue weighted by Crippen LogP contribution is -2.08. The van der Waals surface area contributed by atoms with E-state index < -0.39 is 11.6 Å². The number of Topliss-reactive ketones (excluding diaryl/α,β-unsaturated/α-hetero) is 1. The van der Waals surface area contributed by atoms with E-state index in [0.29, 0.717) is 5.56 Å². The largest absolute Gasteiger partial charge is 0.396 e. The predicted molar refractivity (Wildman–Crippen MR) is 70.3 cm³/mol. The van der Waals surface area contributed by atoms with Gasteiger partial charge in [0.25, 0.3) is 0 Å². The van der Waals surface area contributed by atoms with Crippen molar-refractivity contribution in [3.8, 4) is 0 Å². The molecule has 0 heterocycles. The zero-order chi connectivity index (χ0) is 14.0. The van der Waals surface area contributed by atoms with Gasteiger partial charge in [-0.2, -0.15) is 0 Å². The average molecular weight is 282 g/mol. The monoisotopic (exact) mass is 281 g/mol. The minimum absolute atomic E-state index is 0.0627. The zero-order valence-electron chi connectivity index (χ0n) is 9.79. The molecule has 2 nitrogen and oxygen atoms in total. The number of hydrogen-bond donors (Lipinski definition) is 1. The molecule has 2 aromatic rings. The normalized spacial score (nSPS) is 10.5. The number of halogens is 3. The quantitative estimate of drug-likeness (QED) is 0.690. The van der Waals surface area contributed by atoms with E-state index in [2.05, 4.69) is 0 Å². The van der Waals surface area contributed by atoms with E-state index in [0.717, 1.165) is 6.07 Å². The van der Waals surface area contributed by atoms with Crippen LogP contribution in [0.5, 0.6) is 0 Å². The van der Waals surface area contributed by atoms with Crippen molar-refractivity contribution in [1.29, 1.82) is 0 Å². The van der Waals surface area contributed by atoms with Crippen LogP contribution in [-0.2, 0) is 6.42 Å². The third-order valence-corrected chi connectivity index (χ3v) is 3.07. The highest BCUT2D eigenvalue weighted by Crippen LogP contribution is 2.22. The van der Waals surface area contributed by atoms with Gasteiger partial charge in [0.1, 0.15) is 11.6 Å². The molecule has 2 aromatic carbocycles. The van der Waals surface area contributed by atoms with Gasteiger partial charge < -0.3 is 5.73 Å². The Morgan fingerprint density at radius 2 is 1.95 bits per heavy atom. The van der Waals surface area contributed by atoms with Crippen LogP contribution in [-0.4, -0.2) is 5.78 Å². The Hall–Kier alpha value is -1.94. The SMILES string of the molecule is Nc1c(F)cccc1C(=O)Cc1ccc(F)cc1Cl. The first-order valence-corrected chi connectivity index (χ1v) is 5.88. The van der Waals surface area contributed by atoms with Gasteiger partial charge in [-0.1, -0.05) is 23.7 Å². The fourth-order valence-electron chi connectivity index (χ4n) is 1.71. The summed E-state index contributed by atoms with van der Waals surface area (Å²) >= 11 is 5.83. The Balaban J connectivity index is 2.28. The minimum atomic E-state index is -0.643. The Morgan fingerprint density at radius 3 is 2.63 bits per heavy atom. The Labute approximate surface area is 113 Å². The number of ketones is 1. The highest BCUT2D eigenvalue weighted by molar-refractivity contribution is 6.31. The Morgan fingerprint density at radius 1 is 1.21 bits per heavy atom. The van der Waals surface area contributed by atoms with Crippen molar-refractivity contribution in [2.24, 2.45) is 0 Å². The van der Waals surface area contributed by atoms with Crippen LogP contribution in [0.4, 0.5) is 14.5 Å². The number of benzene rings is 2. The third-order valence-electron chi connectivity index (χ3n) is 2.72. The Kier molecular flexibility index (Phi) is 3.81. The van der Waals surface area contributed by atoms with Crippen LogP contribution in [0.25, 0.3) is 0 Å². The summed E-state index contributed by atoms with van der Waals surface area (Å²) in [6, 6.07) is 7.79. The van der Waals surface area contributed by atoms with Gasteiger partial charge in [-0.25, -0.2) is 8.78 Å². The summed E-state index contributed by atoms with van der Waals surface area (Å²) in [6.45, 7) is 0. The van der Waals surface area contributed by atoms with Gasteiger partial charge in [-0.3, -0.25) is 4.79 Å². The molecular weight excluding hydrogens is 272 g/mol. The second-order valence-electron chi connectivity index (χ2n) is 4.04. The number of nitrogen functional groups attached to an aromatic ring is 1. The number of hydrogen-bond acceptors (Lipinski definition) is 2. The van der Waals surface area contributed by atoms with Crippen molar-refractivity contribution in [1.82, 2.24) is 0 Å². The molecule has 0 bridgehead atoms. The van der Waals surface area contributed by atoms with E-state index in [1.165, 1.54) is 30.3 Å². The first-order chi connectivity index (χ1) is 8.99. The molecular formula is C14H10ClF2NO. The predicted octanol–water partition coefficient (Wildman–Crippen LogP) is 3.63. The number of rotatable bonds is 3. The van der Waals surface area contributed by atoms with Crippen LogP contribution in [0.1, 0.15) is 15.9 Å². The summed E-state index contributed by atoms with van der Waals surface area (Å²) in [7, 11) is 0. The van der Waals surface area contributed by atoms with Gasteiger partial charge in [0.15, 0.2) is 5.78 Å². The van der Waals surface area contributed by atoms with Gasteiger partial charge >= 0.3 is 0 Å². The summed E-state index contributed by atoms with van der Waals surface area (Å²) in [6.07, 6.45) is -0.0627. The highest BCUT2D eigenvalue weighted by atomic mass is 35.5. The van der Waals surface area contributed by atoms with Crippen LogP contribution < -0.4 is 5.73 Å². The molecule has 0 atom stereocenters. The van der Waals surface area contributed by atoms with Crippen molar-refractivity contribution in [3.63, 3.8) is 0 Å². The molecule has 2 rings (SSSR count). The van der Waals surface area contributed by atoms with Crippen molar-refractivity contribution < 1.29 is 13.6 Å². The molecule has 0 saturated heterocycles. The molecule has 0 aliphatic heterocycles. The summed E-state index contributed by atoms with van der Waals surface area (Å²) < 4.78 is 26.1. The van der Waals surface area contributed by atoms with Crippen molar-refractivity contribution in [2.45, 2.75) is 6.42 Å². The minimum Gasteiger partial charge on any atom is -0.396 e. The van der Waals surface area contributed by atoms with E-state index in [4.69, 9.17) is 17.3 Å². The maximum absolute atomic E-state index is 13.3. The average Bonchev–Trinajstić information content (AvgIpc) is 2.36. The maximum Gasteiger partial charge on any atom is 0.169 e. The molecule has 0 saturated carbocycles. The number of carbonyl (C=O) groups excluding carboxylic acids is 1. The molecule has 0 aliphatic carbocycles. The lowest BCUT2D eigenvalue weighted by Gasteiger charge is -2.07. The molecule has 0 aliphatic rings. The van der Waals surface area contributed by atoms with Gasteiger partial charge in [0, 0.05) is 17.0 Å². The van der Waals surface area contributed by atoms with Crippen molar-refractivity contribution >= 4 is 23.1 Å². The van der Waals surface area contributed by atoms with Gasteiger partial charge in [-0.05, 0) is 29.8 Å². The van der Waals surface area contributed by atoms with Crippen LogP contribution in [0.15, 0.2) is 36.4 Å². The summed E-state index contributed by atoms with van der Waals surface area (Å²) in [5.41, 5.74) is 5.89. The van der Waals surface area contributed by atoms with Gasteiger partial charge in [-0.15, -0.1) is 0 Å². The third kappa shape index (κ3) is 2.90. The van der Waals surface area contributed by atoms with Crippen molar-refractivity contribution in [3.05, 3.63) is 64.2 Å². The van der Waals surface area contributed by atoms with E-state index >= 15 is 0 Å². The van der Waals surface area contributed by atoms with E-state index in [-0.39, 0.29) is 28.5 Å². The van der Waals surface area contributed by atoms with Crippen molar-refractivity contribution in [2.75, 3.05) is 5.73 Å². The van der Waals surface area contributed by atoms with E-state index in [9.17, 15) is 13.6 Å². The molecule has 0 fully saturated rings. The molecule has 0 aromatic heterocycles. The highest BCUT2D eigenvalue weighted by Gasteiger charge is 2.14. The molecule has 0 radical (unpaired) electrons. The second-order valence-corrected chi connectivity index (χ2v) is 4.44. The lowest BCUT2D eigenvalue weighted by atomic mass is 10.0. The first kappa shape index (κ1) is 13.5. The van der Waals surface area contributed by atoms with Crippen LogP contribution in [0.3, 0.4) is 0 Å². The number of nitrogens with two attached hydrogens (primary N) is 1. The fraction of sp³-hybridized carbons (Fsp3) is 0.0714. The summed E-state index contributed by atoms with van der Waals surface area (Å²) in [5, 5.41) is 0.156. The van der Waals surface area contributed by atoms with Crippen LogP contribution in [0, 0.1) is 11.6 Å². The number of carbonyl (C=O) groups is 1. The van der Waals surface area contributed by atoms with E-state index in [1.807, 2.05) is 0 Å². The van der Waals surface area contributed by atoms with Crippen LogP contribution in [0.2, 0.25) is 5.02 Å². The molecule has 5 heteroatoms.